The summed E-state index contributed by atoms with van der Waals surface area (Å²) in [6, 6.07) is 7.00. The van der Waals surface area contributed by atoms with Crippen molar-refractivity contribution in [3.05, 3.63) is 40.5 Å². The number of nitrogens with two attached hydrogens (primary N) is 1. The van der Waals surface area contributed by atoms with Crippen molar-refractivity contribution in [3.8, 4) is 0 Å². The molecule has 0 fully saturated rings. The van der Waals surface area contributed by atoms with E-state index in [2.05, 4.69) is 0 Å². The molecule has 0 spiro atoms. The van der Waals surface area contributed by atoms with Crippen LogP contribution in [0.25, 0.3) is 6.08 Å². The highest BCUT2D eigenvalue weighted by atomic mass is 35.5. The SMILES string of the molecule is CCOC(=O)/C(N)=C/c1ccc(Cl)cc1. The number of hydrogen-bond acceptors (Lipinski definition) is 3. The third-order valence-electron chi connectivity index (χ3n) is 1.70. The highest BCUT2D eigenvalue weighted by molar-refractivity contribution is 6.30. The van der Waals surface area contributed by atoms with Crippen LogP contribution in [0.1, 0.15) is 12.5 Å². The van der Waals surface area contributed by atoms with Crippen LogP contribution in [0.2, 0.25) is 5.02 Å². The molecule has 0 aliphatic rings. The summed E-state index contributed by atoms with van der Waals surface area (Å²) < 4.78 is 4.74. The number of esters is 1. The molecular formula is C11H12ClNO2. The van der Waals surface area contributed by atoms with Gasteiger partial charge in [0.1, 0.15) is 5.70 Å². The summed E-state index contributed by atoms with van der Waals surface area (Å²) in [5.41, 5.74) is 6.42. The van der Waals surface area contributed by atoms with Gasteiger partial charge in [0.15, 0.2) is 0 Å². The predicted octanol–water partition coefficient (Wildman–Crippen LogP) is 2.20. The van der Waals surface area contributed by atoms with Gasteiger partial charge >= 0.3 is 5.97 Å². The molecule has 0 aliphatic heterocycles. The highest BCUT2D eigenvalue weighted by Crippen LogP contribution is 2.11. The van der Waals surface area contributed by atoms with E-state index in [1.165, 1.54) is 0 Å². The van der Waals surface area contributed by atoms with Crippen molar-refractivity contribution < 1.29 is 9.53 Å². The molecule has 1 aromatic rings. The number of rotatable bonds is 3. The van der Waals surface area contributed by atoms with E-state index in [0.29, 0.717) is 11.6 Å². The van der Waals surface area contributed by atoms with Gasteiger partial charge in [0, 0.05) is 5.02 Å². The Labute approximate surface area is 93.5 Å². The Hall–Kier alpha value is -1.48. The number of hydrogen-bond donors (Lipinski definition) is 1. The molecule has 0 atom stereocenters. The topological polar surface area (TPSA) is 52.3 Å². The Balaban J connectivity index is 2.78. The minimum Gasteiger partial charge on any atom is -0.461 e. The lowest BCUT2D eigenvalue weighted by Crippen LogP contribution is -2.14. The first kappa shape index (κ1) is 11.6. The number of carbonyl (C=O) groups is 1. The average Bonchev–Trinajstić information content (AvgIpc) is 2.22. The van der Waals surface area contributed by atoms with E-state index < -0.39 is 5.97 Å². The molecule has 0 unspecified atom stereocenters. The second-order valence-corrected chi connectivity index (χ2v) is 3.31. The zero-order chi connectivity index (χ0) is 11.3. The molecule has 80 valence electrons. The van der Waals surface area contributed by atoms with Gasteiger partial charge in [0.25, 0.3) is 0 Å². The number of halogens is 1. The molecule has 0 aromatic heterocycles. The molecule has 0 saturated carbocycles. The van der Waals surface area contributed by atoms with Crippen LogP contribution in [0.4, 0.5) is 0 Å². The Bertz CT molecular complexity index is 371. The average molecular weight is 226 g/mol. The second-order valence-electron chi connectivity index (χ2n) is 2.87. The van der Waals surface area contributed by atoms with Gasteiger partial charge in [0.2, 0.25) is 0 Å². The normalized spacial score (nSPS) is 11.2. The fraction of sp³-hybridized carbons (Fsp3) is 0.182. The first-order valence-electron chi connectivity index (χ1n) is 4.53. The van der Waals surface area contributed by atoms with Crippen LogP contribution in [-0.4, -0.2) is 12.6 Å². The second kappa shape index (κ2) is 5.41. The Morgan fingerprint density at radius 1 is 1.47 bits per heavy atom. The molecule has 0 bridgehead atoms. The maximum atomic E-state index is 11.2. The van der Waals surface area contributed by atoms with Gasteiger partial charge in [0.05, 0.1) is 6.61 Å². The lowest BCUT2D eigenvalue weighted by Gasteiger charge is -2.01. The molecule has 15 heavy (non-hydrogen) atoms. The minimum absolute atomic E-state index is 0.0826. The van der Waals surface area contributed by atoms with Crippen LogP contribution in [0, 0.1) is 0 Å². The molecule has 0 radical (unpaired) electrons. The third-order valence-corrected chi connectivity index (χ3v) is 1.96. The van der Waals surface area contributed by atoms with E-state index in [0.717, 1.165) is 5.56 Å². The van der Waals surface area contributed by atoms with E-state index in [1.807, 2.05) is 0 Å². The van der Waals surface area contributed by atoms with E-state index in [4.69, 9.17) is 22.1 Å². The van der Waals surface area contributed by atoms with E-state index in [9.17, 15) is 4.79 Å². The third kappa shape index (κ3) is 3.64. The Morgan fingerprint density at radius 3 is 2.60 bits per heavy atom. The molecule has 3 nitrogen and oxygen atoms in total. The van der Waals surface area contributed by atoms with Crippen molar-refractivity contribution in [3.63, 3.8) is 0 Å². The van der Waals surface area contributed by atoms with Crippen molar-refractivity contribution in [1.82, 2.24) is 0 Å². The first-order chi connectivity index (χ1) is 7.13. The van der Waals surface area contributed by atoms with Crippen LogP contribution in [0.5, 0.6) is 0 Å². The summed E-state index contributed by atoms with van der Waals surface area (Å²) in [6.07, 6.45) is 1.55. The maximum Gasteiger partial charge on any atom is 0.354 e. The maximum absolute atomic E-state index is 11.2. The van der Waals surface area contributed by atoms with Gasteiger partial charge in [-0.1, -0.05) is 23.7 Å². The van der Waals surface area contributed by atoms with Crippen molar-refractivity contribution in [1.29, 1.82) is 0 Å². The molecule has 0 amide bonds. The van der Waals surface area contributed by atoms with Gasteiger partial charge in [-0.3, -0.25) is 0 Å². The van der Waals surface area contributed by atoms with Crippen molar-refractivity contribution in [2.75, 3.05) is 6.61 Å². The summed E-state index contributed by atoms with van der Waals surface area (Å²) in [7, 11) is 0. The van der Waals surface area contributed by atoms with E-state index in [-0.39, 0.29) is 5.70 Å². The summed E-state index contributed by atoms with van der Waals surface area (Å²) in [4.78, 5) is 11.2. The van der Waals surface area contributed by atoms with Crippen LogP contribution in [0.15, 0.2) is 30.0 Å². The van der Waals surface area contributed by atoms with E-state index in [1.54, 1.807) is 37.3 Å². The molecule has 1 aromatic carbocycles. The highest BCUT2D eigenvalue weighted by Gasteiger charge is 2.04. The van der Waals surface area contributed by atoms with E-state index >= 15 is 0 Å². The summed E-state index contributed by atoms with van der Waals surface area (Å²) in [6.45, 7) is 2.04. The van der Waals surface area contributed by atoms with Crippen LogP contribution in [0.3, 0.4) is 0 Å². The van der Waals surface area contributed by atoms with Crippen molar-refractivity contribution in [2.45, 2.75) is 6.92 Å². The smallest absolute Gasteiger partial charge is 0.354 e. The standard InChI is InChI=1S/C11H12ClNO2/c1-2-15-11(14)10(13)7-8-3-5-9(12)6-4-8/h3-7H,2,13H2,1H3/b10-7-. The number of ether oxygens (including phenoxy) is 1. The quantitative estimate of drug-likeness (QED) is 0.634. The van der Waals surface area contributed by atoms with Gasteiger partial charge < -0.3 is 10.5 Å². The monoisotopic (exact) mass is 225 g/mol. The fourth-order valence-electron chi connectivity index (χ4n) is 1.01. The van der Waals surface area contributed by atoms with Crippen LogP contribution >= 0.6 is 11.6 Å². The molecule has 0 aliphatic carbocycles. The zero-order valence-electron chi connectivity index (χ0n) is 8.37. The predicted molar refractivity (Wildman–Crippen MR) is 60.2 cm³/mol. The molecule has 2 N–H and O–H groups in total. The Kier molecular flexibility index (Phi) is 4.18. The summed E-state index contributed by atoms with van der Waals surface area (Å²) in [5.74, 6) is -0.507. The first-order valence-corrected chi connectivity index (χ1v) is 4.91. The van der Waals surface area contributed by atoms with Gasteiger partial charge in [-0.25, -0.2) is 4.79 Å². The van der Waals surface area contributed by atoms with Crippen molar-refractivity contribution >= 4 is 23.6 Å². The van der Waals surface area contributed by atoms with Gasteiger partial charge in [-0.15, -0.1) is 0 Å². The molecule has 0 heterocycles. The summed E-state index contributed by atoms with van der Waals surface area (Å²) in [5, 5.41) is 0.641. The van der Waals surface area contributed by atoms with Gasteiger partial charge in [-0.05, 0) is 30.7 Å². The number of carbonyl (C=O) groups excluding carboxylic acids is 1. The van der Waals surface area contributed by atoms with Crippen LogP contribution < -0.4 is 5.73 Å². The molecule has 4 heteroatoms. The molecule has 1 rings (SSSR count). The minimum atomic E-state index is -0.507. The Morgan fingerprint density at radius 2 is 2.07 bits per heavy atom. The summed E-state index contributed by atoms with van der Waals surface area (Å²) >= 11 is 5.72. The lowest BCUT2D eigenvalue weighted by molar-refractivity contribution is -0.138. The fourth-order valence-corrected chi connectivity index (χ4v) is 1.14. The number of benzene rings is 1. The van der Waals surface area contributed by atoms with Gasteiger partial charge in [-0.2, -0.15) is 0 Å². The largest absolute Gasteiger partial charge is 0.461 e. The van der Waals surface area contributed by atoms with Crippen LogP contribution in [-0.2, 0) is 9.53 Å². The molecular weight excluding hydrogens is 214 g/mol. The van der Waals surface area contributed by atoms with Crippen molar-refractivity contribution in [2.24, 2.45) is 5.73 Å². The zero-order valence-corrected chi connectivity index (χ0v) is 9.12. The molecule has 0 saturated heterocycles. The lowest BCUT2D eigenvalue weighted by atomic mass is 10.2.